The van der Waals surface area contributed by atoms with Crippen LogP contribution in [0.2, 0.25) is 5.02 Å². The van der Waals surface area contributed by atoms with Crippen molar-refractivity contribution in [2.24, 2.45) is 5.92 Å². The van der Waals surface area contributed by atoms with E-state index < -0.39 is 22.7 Å². The smallest absolute Gasteiger partial charge is 0.343 e. The van der Waals surface area contributed by atoms with Crippen LogP contribution >= 0.6 is 11.6 Å². The van der Waals surface area contributed by atoms with E-state index in [1.54, 1.807) is 4.90 Å². The first kappa shape index (κ1) is 18.6. The Bertz CT molecular complexity index is 645. The van der Waals surface area contributed by atoms with Gasteiger partial charge >= 0.3 is 6.18 Å². The molecule has 1 atom stereocenters. The molecule has 1 unspecified atom stereocenters. The first-order chi connectivity index (χ1) is 11.2. The molecule has 2 rings (SSSR count). The van der Waals surface area contributed by atoms with Gasteiger partial charge in [-0.15, -0.1) is 0 Å². The van der Waals surface area contributed by atoms with Crippen LogP contribution in [0.5, 0.6) is 0 Å². The number of anilines is 1. The van der Waals surface area contributed by atoms with Gasteiger partial charge in [-0.05, 0) is 32.0 Å². The molecule has 1 aromatic carbocycles. The number of alkyl halides is 3. The maximum absolute atomic E-state index is 13.0. The molecule has 2 amide bonds. The summed E-state index contributed by atoms with van der Waals surface area (Å²) in [6.45, 7) is 4.81. The Balaban J connectivity index is 2.25. The third-order valence-electron chi connectivity index (χ3n) is 4.12. The standard InChI is InChI=1S/C16H18ClF3N2O2/c1-3-21(4-2)15(24)10-7-14(23)22(9-10)11-5-6-13(17)12(8-11)16(18,19)20/h5-6,8,10H,3-4,7,9H2,1-2H3. The fraction of sp³-hybridized carbons (Fsp3) is 0.500. The number of benzene rings is 1. The molecule has 0 spiro atoms. The zero-order valence-electron chi connectivity index (χ0n) is 13.4. The Morgan fingerprint density at radius 2 is 1.96 bits per heavy atom. The molecular weight excluding hydrogens is 345 g/mol. The van der Waals surface area contributed by atoms with Crippen molar-refractivity contribution in [3.8, 4) is 0 Å². The Morgan fingerprint density at radius 3 is 2.50 bits per heavy atom. The summed E-state index contributed by atoms with van der Waals surface area (Å²) in [5.74, 6) is -1.06. The van der Waals surface area contributed by atoms with Crippen LogP contribution in [0.1, 0.15) is 25.8 Å². The highest BCUT2D eigenvalue weighted by molar-refractivity contribution is 6.31. The molecule has 1 aliphatic heterocycles. The van der Waals surface area contributed by atoms with E-state index in [0.29, 0.717) is 13.1 Å². The van der Waals surface area contributed by atoms with Gasteiger partial charge in [0.1, 0.15) is 0 Å². The number of nitrogens with zero attached hydrogens (tertiary/aromatic N) is 2. The summed E-state index contributed by atoms with van der Waals surface area (Å²) in [6.07, 6.45) is -4.61. The quantitative estimate of drug-likeness (QED) is 0.821. The van der Waals surface area contributed by atoms with Crippen molar-refractivity contribution in [3.05, 3.63) is 28.8 Å². The van der Waals surface area contributed by atoms with Gasteiger partial charge in [0.05, 0.1) is 16.5 Å². The van der Waals surface area contributed by atoms with Gasteiger partial charge in [-0.3, -0.25) is 9.59 Å². The largest absolute Gasteiger partial charge is 0.417 e. The van der Waals surface area contributed by atoms with E-state index in [1.165, 1.54) is 11.0 Å². The van der Waals surface area contributed by atoms with Gasteiger partial charge in [-0.2, -0.15) is 13.2 Å². The monoisotopic (exact) mass is 362 g/mol. The lowest BCUT2D eigenvalue weighted by molar-refractivity contribution is -0.137. The van der Waals surface area contributed by atoms with Crippen LogP contribution in [0.15, 0.2) is 18.2 Å². The summed E-state index contributed by atoms with van der Waals surface area (Å²) >= 11 is 5.60. The van der Waals surface area contributed by atoms with Gasteiger partial charge in [0.15, 0.2) is 0 Å². The number of carbonyl (C=O) groups excluding carboxylic acids is 2. The predicted octanol–water partition coefficient (Wildman–Crippen LogP) is 3.58. The normalized spacial score (nSPS) is 18.2. The van der Waals surface area contributed by atoms with Gasteiger partial charge in [0.2, 0.25) is 11.8 Å². The zero-order valence-corrected chi connectivity index (χ0v) is 14.1. The summed E-state index contributed by atoms with van der Waals surface area (Å²) in [5, 5.41) is -0.423. The number of hydrogen-bond acceptors (Lipinski definition) is 2. The van der Waals surface area contributed by atoms with E-state index >= 15 is 0 Å². The predicted molar refractivity (Wildman–Crippen MR) is 84.8 cm³/mol. The average molecular weight is 363 g/mol. The van der Waals surface area contributed by atoms with Gasteiger partial charge in [-0.25, -0.2) is 0 Å². The fourth-order valence-electron chi connectivity index (χ4n) is 2.81. The molecule has 132 valence electrons. The molecule has 0 aliphatic carbocycles. The lowest BCUT2D eigenvalue weighted by Crippen LogP contribution is -2.37. The summed E-state index contributed by atoms with van der Waals surface area (Å²) in [4.78, 5) is 27.4. The van der Waals surface area contributed by atoms with Crippen LogP contribution in [0, 0.1) is 5.92 Å². The van der Waals surface area contributed by atoms with Crippen molar-refractivity contribution >= 4 is 29.1 Å². The van der Waals surface area contributed by atoms with E-state index in [0.717, 1.165) is 12.1 Å². The molecule has 1 heterocycles. The SMILES string of the molecule is CCN(CC)C(=O)C1CC(=O)N(c2ccc(Cl)c(C(F)(F)F)c2)C1. The van der Waals surface area contributed by atoms with Crippen molar-refractivity contribution in [2.75, 3.05) is 24.5 Å². The molecule has 0 bridgehead atoms. The topological polar surface area (TPSA) is 40.6 Å². The second kappa shape index (κ2) is 7.01. The van der Waals surface area contributed by atoms with Gasteiger partial charge in [-0.1, -0.05) is 11.6 Å². The minimum atomic E-state index is -4.60. The zero-order chi connectivity index (χ0) is 18.1. The molecule has 0 aromatic heterocycles. The number of rotatable bonds is 4. The van der Waals surface area contributed by atoms with Crippen LogP contribution in [-0.2, 0) is 15.8 Å². The molecule has 1 fully saturated rings. The second-order valence-corrected chi connectivity index (χ2v) is 5.99. The number of carbonyl (C=O) groups is 2. The molecule has 1 aromatic rings. The average Bonchev–Trinajstić information content (AvgIpc) is 2.89. The van der Waals surface area contributed by atoms with Crippen LogP contribution < -0.4 is 4.90 Å². The molecule has 24 heavy (non-hydrogen) atoms. The van der Waals surface area contributed by atoms with Crippen LogP contribution in [-0.4, -0.2) is 36.3 Å². The Labute approximate surface area is 143 Å². The molecule has 0 radical (unpaired) electrons. The van der Waals surface area contributed by atoms with Gasteiger partial charge in [0, 0.05) is 31.7 Å². The Kier molecular flexibility index (Phi) is 5.42. The molecule has 1 aliphatic rings. The van der Waals surface area contributed by atoms with E-state index in [4.69, 9.17) is 11.6 Å². The maximum atomic E-state index is 13.0. The summed E-state index contributed by atoms with van der Waals surface area (Å²) in [5.41, 5.74) is -0.889. The van der Waals surface area contributed by atoms with Crippen molar-refractivity contribution in [1.29, 1.82) is 0 Å². The second-order valence-electron chi connectivity index (χ2n) is 5.58. The summed E-state index contributed by atoms with van der Waals surface area (Å²) < 4.78 is 38.9. The van der Waals surface area contributed by atoms with Gasteiger partial charge < -0.3 is 9.80 Å². The van der Waals surface area contributed by atoms with Crippen molar-refractivity contribution in [3.63, 3.8) is 0 Å². The fourth-order valence-corrected chi connectivity index (χ4v) is 3.04. The summed E-state index contributed by atoms with van der Waals surface area (Å²) in [7, 11) is 0. The third kappa shape index (κ3) is 3.66. The van der Waals surface area contributed by atoms with Crippen molar-refractivity contribution in [1.82, 2.24) is 4.90 Å². The molecule has 0 saturated carbocycles. The molecule has 0 N–H and O–H groups in total. The minimum absolute atomic E-state index is 0.000684. The first-order valence-corrected chi connectivity index (χ1v) is 8.02. The minimum Gasteiger partial charge on any atom is -0.343 e. The van der Waals surface area contributed by atoms with E-state index in [9.17, 15) is 22.8 Å². The lowest BCUT2D eigenvalue weighted by atomic mass is 10.1. The van der Waals surface area contributed by atoms with E-state index in [1.807, 2.05) is 13.8 Å². The van der Waals surface area contributed by atoms with Crippen molar-refractivity contribution in [2.45, 2.75) is 26.4 Å². The lowest BCUT2D eigenvalue weighted by Gasteiger charge is -2.23. The molecule has 8 heteroatoms. The highest BCUT2D eigenvalue weighted by atomic mass is 35.5. The Morgan fingerprint density at radius 1 is 1.33 bits per heavy atom. The number of amides is 2. The third-order valence-corrected chi connectivity index (χ3v) is 4.45. The van der Waals surface area contributed by atoms with Crippen LogP contribution in [0.4, 0.5) is 18.9 Å². The van der Waals surface area contributed by atoms with Crippen LogP contribution in [0.3, 0.4) is 0 Å². The first-order valence-electron chi connectivity index (χ1n) is 7.64. The molecule has 1 saturated heterocycles. The van der Waals surface area contributed by atoms with Gasteiger partial charge in [0.25, 0.3) is 0 Å². The maximum Gasteiger partial charge on any atom is 0.417 e. The van der Waals surface area contributed by atoms with Crippen LogP contribution in [0.25, 0.3) is 0 Å². The van der Waals surface area contributed by atoms with E-state index in [-0.39, 0.29) is 30.5 Å². The highest BCUT2D eigenvalue weighted by Gasteiger charge is 2.38. The molecule has 4 nitrogen and oxygen atoms in total. The number of halogens is 4. The van der Waals surface area contributed by atoms with Crippen molar-refractivity contribution < 1.29 is 22.8 Å². The summed E-state index contributed by atoms with van der Waals surface area (Å²) in [6, 6.07) is 3.33. The molecular formula is C16H18ClF3N2O2. The highest BCUT2D eigenvalue weighted by Crippen LogP contribution is 2.38. The van der Waals surface area contributed by atoms with E-state index in [2.05, 4.69) is 0 Å². The number of hydrogen-bond donors (Lipinski definition) is 0. The Hall–Kier alpha value is -1.76.